The van der Waals surface area contributed by atoms with Crippen LogP contribution in [0.4, 0.5) is 5.69 Å². The van der Waals surface area contributed by atoms with E-state index in [2.05, 4.69) is 84.1 Å². The number of carbonyl (C=O) groups excluding carboxylic acids is 3. The highest BCUT2D eigenvalue weighted by molar-refractivity contribution is 5.93. The fourth-order valence-corrected chi connectivity index (χ4v) is 6.69. The van der Waals surface area contributed by atoms with E-state index in [0.717, 1.165) is 35.7 Å². The molecular formula is C45H66N8O3. The summed E-state index contributed by atoms with van der Waals surface area (Å²) < 4.78 is 0. The molecule has 1 spiro atoms. The minimum absolute atomic E-state index is 0.0153. The molecule has 0 saturated carbocycles. The van der Waals surface area contributed by atoms with Crippen LogP contribution in [0.1, 0.15) is 64.0 Å². The summed E-state index contributed by atoms with van der Waals surface area (Å²) in [6.45, 7) is 19.3. The lowest BCUT2D eigenvalue weighted by Crippen LogP contribution is -2.57. The largest absolute Gasteiger partial charge is 0.378 e. The Hall–Kier alpha value is -5.13. The summed E-state index contributed by atoms with van der Waals surface area (Å²) in [6.07, 6.45) is 4.18. The van der Waals surface area contributed by atoms with Crippen LogP contribution >= 0.6 is 0 Å². The molecule has 0 aliphatic carbocycles. The van der Waals surface area contributed by atoms with Crippen LogP contribution in [-0.4, -0.2) is 79.6 Å². The molecule has 11 heteroatoms. The molecule has 5 rings (SSSR count). The number of likely N-dealkylation sites (tertiary alicyclic amines) is 1. The number of para-hydroxylation sites is 1. The molecule has 56 heavy (non-hydrogen) atoms. The third-order valence-electron chi connectivity index (χ3n) is 9.73. The lowest BCUT2D eigenvalue weighted by Gasteiger charge is -2.45. The molecule has 2 saturated heterocycles. The van der Waals surface area contributed by atoms with E-state index < -0.39 is 11.6 Å². The smallest absolute Gasteiger partial charge is 0.247 e. The molecule has 2 fully saturated rings. The molecule has 3 aromatic carbocycles. The van der Waals surface area contributed by atoms with E-state index >= 15 is 0 Å². The summed E-state index contributed by atoms with van der Waals surface area (Å²) in [5.74, 6) is 0.381. The van der Waals surface area contributed by atoms with Gasteiger partial charge in [0.1, 0.15) is 5.54 Å². The Balaban J connectivity index is 0.000000662. The minimum Gasteiger partial charge on any atom is -0.378 e. The van der Waals surface area contributed by atoms with E-state index in [4.69, 9.17) is 11.5 Å². The average Bonchev–Trinajstić information content (AvgIpc) is 3.51. The molecule has 0 bridgehead atoms. The first-order valence-corrected chi connectivity index (χ1v) is 19.9. The van der Waals surface area contributed by atoms with Crippen molar-refractivity contribution in [3.63, 3.8) is 0 Å². The molecule has 2 heterocycles. The van der Waals surface area contributed by atoms with Gasteiger partial charge in [-0.05, 0) is 75.6 Å². The lowest BCUT2D eigenvalue weighted by molar-refractivity contribution is -0.125. The number of carbonyl (C=O) groups is 3. The van der Waals surface area contributed by atoms with Crippen LogP contribution in [0, 0.1) is 12.8 Å². The van der Waals surface area contributed by atoms with Gasteiger partial charge in [-0.1, -0.05) is 118 Å². The number of nitrogens with two attached hydrogens (primary N) is 2. The Morgan fingerprint density at radius 3 is 1.91 bits per heavy atom. The maximum absolute atomic E-state index is 13.2. The molecule has 3 amide bonds. The third-order valence-corrected chi connectivity index (χ3v) is 9.73. The van der Waals surface area contributed by atoms with Crippen molar-refractivity contribution in [2.45, 2.75) is 83.8 Å². The fourth-order valence-electron chi connectivity index (χ4n) is 6.69. The number of piperidine rings is 1. The Kier molecular flexibility index (Phi) is 19.2. The number of rotatable bonds is 16. The highest BCUT2D eigenvalue weighted by atomic mass is 16.2. The van der Waals surface area contributed by atoms with Gasteiger partial charge in [-0.25, -0.2) is 0 Å². The predicted molar refractivity (Wildman–Crippen MR) is 229 cm³/mol. The summed E-state index contributed by atoms with van der Waals surface area (Å²) in [6, 6.07) is 29.3. The normalized spacial score (nSPS) is 15.3. The maximum atomic E-state index is 13.2. The molecular weight excluding hydrogens is 701 g/mol. The number of hydrogen-bond acceptors (Lipinski definition) is 8. The van der Waals surface area contributed by atoms with Gasteiger partial charge >= 0.3 is 0 Å². The summed E-state index contributed by atoms with van der Waals surface area (Å²) >= 11 is 0. The summed E-state index contributed by atoms with van der Waals surface area (Å²) in [4.78, 5) is 42.8. The van der Waals surface area contributed by atoms with Crippen LogP contribution in [0.2, 0.25) is 0 Å². The monoisotopic (exact) mass is 767 g/mol. The Labute approximate surface area is 335 Å². The molecule has 2 aliphatic rings. The highest BCUT2D eigenvalue weighted by Gasteiger charge is 2.50. The molecule has 2 aliphatic heterocycles. The quantitative estimate of drug-likeness (QED) is 0.111. The molecule has 3 aromatic rings. The molecule has 2 atom stereocenters. The number of amides is 3. The van der Waals surface area contributed by atoms with Crippen LogP contribution in [-0.2, 0) is 20.8 Å². The van der Waals surface area contributed by atoms with Gasteiger partial charge in [0, 0.05) is 30.2 Å². The second-order valence-electron chi connectivity index (χ2n) is 15.1. The molecule has 8 N–H and O–H groups in total. The number of unbranched alkanes of at least 4 members (excludes halogenated alkanes) is 1. The van der Waals surface area contributed by atoms with Crippen molar-refractivity contribution in [2.75, 3.05) is 44.3 Å². The van der Waals surface area contributed by atoms with Gasteiger partial charge in [-0.2, -0.15) is 0 Å². The number of hydrogen-bond donors (Lipinski definition) is 6. The molecule has 0 aromatic heterocycles. The molecule has 2 unspecified atom stereocenters. The van der Waals surface area contributed by atoms with E-state index in [1.807, 2.05) is 78.9 Å². The maximum Gasteiger partial charge on any atom is 0.247 e. The van der Waals surface area contributed by atoms with E-state index in [-0.39, 0.29) is 36.9 Å². The molecule has 304 valence electrons. The molecule has 0 radical (unpaired) electrons. The SMILES string of the molecule is C=C(NCC(=O)NC(CCCCN)C(=C)N1CCC2(CC1)C(=O)NCN2c1ccccc1)C(Cc1ccccc1)NC(=O)CN.CC(C)C.Cc1ccccc1. The van der Waals surface area contributed by atoms with Crippen molar-refractivity contribution in [2.24, 2.45) is 17.4 Å². The summed E-state index contributed by atoms with van der Waals surface area (Å²) in [5.41, 5.74) is 15.4. The molecule has 11 nitrogen and oxygen atoms in total. The van der Waals surface area contributed by atoms with Crippen molar-refractivity contribution in [3.8, 4) is 0 Å². The van der Waals surface area contributed by atoms with Crippen LogP contribution in [0.15, 0.2) is 116 Å². The lowest BCUT2D eigenvalue weighted by atomic mass is 9.85. The van der Waals surface area contributed by atoms with Gasteiger partial charge in [-0.15, -0.1) is 0 Å². The first-order valence-electron chi connectivity index (χ1n) is 19.9. The van der Waals surface area contributed by atoms with Crippen molar-refractivity contribution >= 4 is 23.4 Å². The second-order valence-corrected chi connectivity index (χ2v) is 15.1. The van der Waals surface area contributed by atoms with E-state index in [1.165, 1.54) is 5.56 Å². The van der Waals surface area contributed by atoms with Crippen LogP contribution in [0.3, 0.4) is 0 Å². The zero-order valence-corrected chi connectivity index (χ0v) is 34.1. The van der Waals surface area contributed by atoms with Gasteiger partial charge in [0.25, 0.3) is 0 Å². The Morgan fingerprint density at radius 2 is 1.38 bits per heavy atom. The van der Waals surface area contributed by atoms with Gasteiger partial charge in [0.05, 0.1) is 31.8 Å². The predicted octanol–water partition coefficient (Wildman–Crippen LogP) is 4.99. The summed E-state index contributed by atoms with van der Waals surface area (Å²) in [7, 11) is 0. The van der Waals surface area contributed by atoms with Crippen LogP contribution in [0.5, 0.6) is 0 Å². The van der Waals surface area contributed by atoms with E-state index in [1.54, 1.807) is 0 Å². The zero-order valence-electron chi connectivity index (χ0n) is 34.1. The fraction of sp³-hybridized carbons (Fsp3) is 0.444. The van der Waals surface area contributed by atoms with E-state index in [0.29, 0.717) is 57.7 Å². The van der Waals surface area contributed by atoms with Crippen molar-refractivity contribution in [1.82, 2.24) is 26.2 Å². The highest BCUT2D eigenvalue weighted by Crippen LogP contribution is 2.37. The van der Waals surface area contributed by atoms with Crippen LogP contribution in [0.25, 0.3) is 0 Å². The van der Waals surface area contributed by atoms with Crippen molar-refractivity contribution < 1.29 is 14.4 Å². The number of benzene rings is 3. The number of nitrogens with zero attached hydrogens (tertiary/aromatic N) is 2. The van der Waals surface area contributed by atoms with Gasteiger partial charge in [0.2, 0.25) is 17.7 Å². The van der Waals surface area contributed by atoms with E-state index in [9.17, 15) is 14.4 Å². The summed E-state index contributed by atoms with van der Waals surface area (Å²) in [5, 5.41) is 12.2. The van der Waals surface area contributed by atoms with Gasteiger partial charge < -0.3 is 42.5 Å². The number of nitrogens with one attached hydrogen (secondary N) is 4. The Bertz CT molecular complexity index is 1640. The minimum atomic E-state index is -0.601. The van der Waals surface area contributed by atoms with Crippen LogP contribution < -0.4 is 37.6 Å². The first kappa shape index (κ1) is 45.3. The van der Waals surface area contributed by atoms with Gasteiger partial charge in [-0.3, -0.25) is 14.4 Å². The average molecular weight is 767 g/mol. The topological polar surface area (TPSA) is 158 Å². The zero-order chi connectivity index (χ0) is 40.9. The Morgan fingerprint density at radius 1 is 0.821 bits per heavy atom. The van der Waals surface area contributed by atoms with Gasteiger partial charge in [0.15, 0.2) is 0 Å². The first-order chi connectivity index (χ1) is 26.9. The van der Waals surface area contributed by atoms with Crippen molar-refractivity contribution in [3.05, 3.63) is 127 Å². The standard InChI is InChI=1S/C34H48N8O3.C7H8.C4H10/c1-25(30(40-31(43)22-36)21-27-11-5-3-6-12-27)37-23-32(44)39-29(15-9-10-18-35)26(2)41-19-16-34(17-20-41)33(45)38-24-42(34)28-13-7-4-8-14-28;1-7-5-3-2-4-6-7;1-4(2)3/h3-8,11-14,29-30,37H,1-2,9-10,15-24,35-36H2,(H,38,45)(H,39,44)(H,40,43);2-6H,1H3;4H,1-3H3. The number of anilines is 1. The van der Waals surface area contributed by atoms with Crippen molar-refractivity contribution in [1.29, 1.82) is 0 Å². The second kappa shape index (κ2) is 23.7. The third kappa shape index (κ3) is 14.5. The number of aryl methyl sites for hydroxylation is 1.